The van der Waals surface area contributed by atoms with Crippen molar-refractivity contribution in [3.63, 3.8) is 0 Å². The minimum atomic E-state index is -3.86. The molecule has 7 heteroatoms. The number of carbonyl (C=O) groups excluding carboxylic acids is 1. The molecule has 6 nitrogen and oxygen atoms in total. The number of hydrogen-bond donors (Lipinski definition) is 2. The van der Waals surface area contributed by atoms with Gasteiger partial charge in [0, 0.05) is 12.3 Å². The molecule has 0 saturated heterocycles. The van der Waals surface area contributed by atoms with Crippen molar-refractivity contribution in [3.05, 3.63) is 29.8 Å². The Labute approximate surface area is 142 Å². The minimum Gasteiger partial charge on any atom is -0.481 e. The van der Waals surface area contributed by atoms with Crippen LogP contribution in [-0.2, 0) is 19.6 Å². The molecule has 132 valence electrons. The largest absolute Gasteiger partial charge is 0.481 e. The highest BCUT2D eigenvalue weighted by Crippen LogP contribution is 2.35. The Bertz CT molecular complexity index is 696. The van der Waals surface area contributed by atoms with Gasteiger partial charge in [-0.3, -0.25) is 9.59 Å². The fourth-order valence-electron chi connectivity index (χ4n) is 3.23. The zero-order valence-electron chi connectivity index (χ0n) is 13.7. The Balaban J connectivity index is 1.99. The van der Waals surface area contributed by atoms with Crippen molar-refractivity contribution in [1.29, 1.82) is 0 Å². The van der Waals surface area contributed by atoms with Gasteiger partial charge < -0.3 is 5.11 Å². The van der Waals surface area contributed by atoms with Gasteiger partial charge in [0.25, 0.3) is 10.0 Å². The molecule has 0 aliphatic heterocycles. The molecule has 1 amide bonds. The van der Waals surface area contributed by atoms with Gasteiger partial charge in [-0.2, -0.15) is 0 Å². The van der Waals surface area contributed by atoms with E-state index < -0.39 is 21.9 Å². The number of nitrogens with one attached hydrogen (secondary N) is 1. The van der Waals surface area contributed by atoms with Gasteiger partial charge in [0.05, 0.1) is 4.90 Å². The van der Waals surface area contributed by atoms with Gasteiger partial charge in [0.1, 0.15) is 0 Å². The highest BCUT2D eigenvalue weighted by molar-refractivity contribution is 7.90. The number of aryl methyl sites for hydroxylation is 1. The molecule has 1 aromatic carbocycles. The fraction of sp³-hybridized carbons (Fsp3) is 0.529. The van der Waals surface area contributed by atoms with Crippen LogP contribution in [0.2, 0.25) is 0 Å². The third kappa shape index (κ3) is 4.80. The molecule has 2 atom stereocenters. The zero-order valence-corrected chi connectivity index (χ0v) is 14.5. The number of carboxylic acids is 1. The Morgan fingerprint density at radius 3 is 2.50 bits per heavy atom. The Morgan fingerprint density at radius 2 is 1.88 bits per heavy atom. The number of rotatable bonds is 7. The molecule has 0 radical (unpaired) electrons. The van der Waals surface area contributed by atoms with Crippen molar-refractivity contribution < 1.29 is 23.1 Å². The lowest BCUT2D eigenvalue weighted by molar-refractivity contribution is -0.137. The van der Waals surface area contributed by atoms with Gasteiger partial charge in [-0.15, -0.1) is 0 Å². The topological polar surface area (TPSA) is 101 Å². The molecule has 24 heavy (non-hydrogen) atoms. The maximum absolute atomic E-state index is 12.4. The average molecular weight is 353 g/mol. The molecule has 1 aromatic rings. The molecule has 0 heterocycles. The highest BCUT2D eigenvalue weighted by Gasteiger charge is 2.34. The lowest BCUT2D eigenvalue weighted by atomic mass is 9.90. The van der Waals surface area contributed by atoms with Crippen LogP contribution in [0.15, 0.2) is 29.2 Å². The quantitative estimate of drug-likeness (QED) is 0.784. The van der Waals surface area contributed by atoms with Gasteiger partial charge >= 0.3 is 5.97 Å². The normalized spacial score (nSPS) is 20.7. The second-order valence-corrected chi connectivity index (χ2v) is 8.05. The van der Waals surface area contributed by atoms with Crippen LogP contribution in [-0.4, -0.2) is 25.4 Å². The van der Waals surface area contributed by atoms with E-state index in [9.17, 15) is 18.0 Å². The summed E-state index contributed by atoms with van der Waals surface area (Å²) in [6.07, 6.45) is 3.56. The monoisotopic (exact) mass is 353 g/mol. The summed E-state index contributed by atoms with van der Waals surface area (Å²) in [6.45, 7) is 1.86. The molecule has 1 aliphatic carbocycles. The van der Waals surface area contributed by atoms with Crippen molar-refractivity contribution in [2.75, 3.05) is 0 Å². The van der Waals surface area contributed by atoms with E-state index in [2.05, 4.69) is 4.72 Å². The number of sulfonamides is 1. The minimum absolute atomic E-state index is 0.0533. The summed E-state index contributed by atoms with van der Waals surface area (Å²) < 4.78 is 26.8. The third-order valence-electron chi connectivity index (χ3n) is 4.53. The Hall–Kier alpha value is -1.89. The van der Waals surface area contributed by atoms with Crippen molar-refractivity contribution in [3.8, 4) is 0 Å². The molecular formula is C17H23NO5S. The summed E-state index contributed by atoms with van der Waals surface area (Å²) in [4.78, 5) is 23.1. The molecule has 1 fully saturated rings. The maximum Gasteiger partial charge on any atom is 0.303 e. The predicted molar refractivity (Wildman–Crippen MR) is 88.8 cm³/mol. The first kappa shape index (κ1) is 18.4. The van der Waals surface area contributed by atoms with Crippen LogP contribution in [0, 0.1) is 18.8 Å². The summed E-state index contributed by atoms with van der Waals surface area (Å²) in [7, 11) is -3.86. The number of carbonyl (C=O) groups is 2. The van der Waals surface area contributed by atoms with Gasteiger partial charge in [0.15, 0.2) is 0 Å². The first-order chi connectivity index (χ1) is 11.3. The molecule has 0 aromatic heterocycles. The van der Waals surface area contributed by atoms with Crippen LogP contribution in [0.4, 0.5) is 0 Å². The second-order valence-electron chi connectivity index (χ2n) is 6.37. The van der Waals surface area contributed by atoms with E-state index in [4.69, 9.17) is 5.11 Å². The van der Waals surface area contributed by atoms with Gasteiger partial charge in [-0.1, -0.05) is 24.1 Å². The van der Waals surface area contributed by atoms with E-state index >= 15 is 0 Å². The highest BCUT2D eigenvalue weighted by atomic mass is 32.2. The molecule has 2 rings (SSSR count). The number of benzene rings is 1. The predicted octanol–water partition coefficient (Wildman–Crippen LogP) is 2.47. The Kier molecular flexibility index (Phi) is 5.99. The van der Waals surface area contributed by atoms with Crippen LogP contribution < -0.4 is 4.72 Å². The molecular weight excluding hydrogens is 330 g/mol. The maximum atomic E-state index is 12.4. The van der Waals surface area contributed by atoms with E-state index in [0.29, 0.717) is 19.3 Å². The van der Waals surface area contributed by atoms with Crippen LogP contribution in [0.5, 0.6) is 0 Å². The smallest absolute Gasteiger partial charge is 0.303 e. The summed E-state index contributed by atoms with van der Waals surface area (Å²) in [5.41, 5.74) is 0.939. The standard InChI is InChI=1S/C17H23NO5S/c1-12-8-10-14(11-9-12)24(22,23)18-17(21)15-6-2-4-13(15)5-3-7-16(19)20/h8-11,13,15H,2-7H2,1H3,(H,18,21)(H,19,20). The first-order valence-corrected chi connectivity index (χ1v) is 9.63. The molecule has 2 unspecified atom stereocenters. The zero-order chi connectivity index (χ0) is 17.7. The molecule has 0 bridgehead atoms. The second kappa shape index (κ2) is 7.79. The van der Waals surface area contributed by atoms with E-state index in [1.54, 1.807) is 12.1 Å². The molecule has 1 saturated carbocycles. The van der Waals surface area contributed by atoms with Crippen molar-refractivity contribution in [1.82, 2.24) is 4.72 Å². The molecule has 2 N–H and O–H groups in total. The number of amides is 1. The lowest BCUT2D eigenvalue weighted by Gasteiger charge is -2.19. The van der Waals surface area contributed by atoms with Crippen molar-refractivity contribution in [2.45, 2.75) is 50.3 Å². The van der Waals surface area contributed by atoms with Gasteiger partial charge in [-0.05, 0) is 50.7 Å². The first-order valence-electron chi connectivity index (χ1n) is 8.15. The lowest BCUT2D eigenvalue weighted by Crippen LogP contribution is -2.37. The summed E-state index contributed by atoms with van der Waals surface area (Å²) >= 11 is 0. The fourth-order valence-corrected chi connectivity index (χ4v) is 4.26. The van der Waals surface area contributed by atoms with Crippen LogP contribution in [0.3, 0.4) is 0 Å². The number of hydrogen-bond acceptors (Lipinski definition) is 4. The summed E-state index contributed by atoms with van der Waals surface area (Å²) in [5, 5.41) is 8.70. The molecule has 1 aliphatic rings. The van der Waals surface area contributed by atoms with E-state index in [-0.39, 0.29) is 23.2 Å². The van der Waals surface area contributed by atoms with Crippen LogP contribution in [0.1, 0.15) is 44.1 Å². The van der Waals surface area contributed by atoms with E-state index in [1.165, 1.54) is 12.1 Å². The summed E-state index contributed by atoms with van der Waals surface area (Å²) in [6, 6.07) is 6.32. The summed E-state index contributed by atoms with van der Waals surface area (Å²) in [5.74, 6) is -1.64. The van der Waals surface area contributed by atoms with Crippen molar-refractivity contribution in [2.24, 2.45) is 11.8 Å². The van der Waals surface area contributed by atoms with Crippen LogP contribution >= 0.6 is 0 Å². The van der Waals surface area contributed by atoms with E-state index in [1.807, 2.05) is 6.92 Å². The number of carboxylic acid groups (broad SMARTS) is 1. The van der Waals surface area contributed by atoms with E-state index in [0.717, 1.165) is 18.4 Å². The third-order valence-corrected chi connectivity index (χ3v) is 5.89. The van der Waals surface area contributed by atoms with Gasteiger partial charge in [-0.25, -0.2) is 13.1 Å². The van der Waals surface area contributed by atoms with Crippen molar-refractivity contribution >= 4 is 21.9 Å². The number of aliphatic carboxylic acids is 1. The average Bonchev–Trinajstić information content (AvgIpc) is 2.95. The van der Waals surface area contributed by atoms with Gasteiger partial charge in [0.2, 0.25) is 5.91 Å². The van der Waals surface area contributed by atoms with Crippen LogP contribution in [0.25, 0.3) is 0 Å². The SMILES string of the molecule is Cc1ccc(S(=O)(=O)NC(=O)C2CCCC2CCCC(=O)O)cc1. The molecule has 0 spiro atoms. The Morgan fingerprint density at radius 1 is 1.21 bits per heavy atom.